The molecule has 0 amide bonds. The molecule has 0 aliphatic rings. The van der Waals surface area contributed by atoms with Gasteiger partial charge in [-0.2, -0.15) is 0 Å². The van der Waals surface area contributed by atoms with Gasteiger partial charge in [-0.25, -0.2) is 9.97 Å². The Kier molecular flexibility index (Phi) is 4.55. The predicted octanol–water partition coefficient (Wildman–Crippen LogP) is 7.79. The molecule has 0 unspecified atom stereocenters. The topological polar surface area (TPSA) is 51.8 Å². The van der Waals surface area contributed by atoms with Crippen molar-refractivity contribution in [3.8, 4) is 11.3 Å². The third kappa shape index (κ3) is 3.99. The summed E-state index contributed by atoms with van der Waals surface area (Å²) in [6.07, 6.45) is 0.942. The number of pyridine rings is 1. The number of hydrogen-bond acceptors (Lipinski definition) is 4. The molecule has 168 valence electrons. The first-order chi connectivity index (χ1) is 15.9. The number of benzene rings is 2. The van der Waals surface area contributed by atoms with Crippen LogP contribution in [0.15, 0.2) is 53.2 Å². The minimum atomic E-state index is -0.110. The summed E-state index contributed by atoms with van der Waals surface area (Å²) in [7, 11) is 0. The lowest BCUT2D eigenvalue weighted by atomic mass is 9.84. The van der Waals surface area contributed by atoms with Gasteiger partial charge in [0.15, 0.2) is 5.58 Å². The third-order valence-electron chi connectivity index (χ3n) is 6.01. The van der Waals surface area contributed by atoms with Gasteiger partial charge in [-0.15, -0.1) is 0 Å². The zero-order chi connectivity index (χ0) is 24.4. The van der Waals surface area contributed by atoms with Gasteiger partial charge in [0.25, 0.3) is 0 Å². The van der Waals surface area contributed by atoms with Gasteiger partial charge < -0.3 is 4.42 Å². The van der Waals surface area contributed by atoms with E-state index in [0.717, 1.165) is 45.1 Å². The SMILES string of the molecule is [2H]c1nc(-c2cc(C(C)(C)C)c3nc(C)ccc3c2)c2oc3cc(CC(C)(C)C)ccc3c2n1. The molecule has 0 spiro atoms. The third-order valence-corrected chi connectivity index (χ3v) is 6.01. The van der Waals surface area contributed by atoms with Crippen molar-refractivity contribution >= 4 is 33.0 Å². The quantitative estimate of drug-likeness (QED) is 0.282. The van der Waals surface area contributed by atoms with Gasteiger partial charge in [-0.3, -0.25) is 4.98 Å². The van der Waals surface area contributed by atoms with Crippen molar-refractivity contribution in [2.24, 2.45) is 5.41 Å². The number of hydrogen-bond donors (Lipinski definition) is 0. The fourth-order valence-corrected chi connectivity index (χ4v) is 4.53. The van der Waals surface area contributed by atoms with Crippen LogP contribution in [0.2, 0.25) is 0 Å². The Morgan fingerprint density at radius 2 is 1.70 bits per heavy atom. The molecule has 3 heterocycles. The molecule has 0 radical (unpaired) electrons. The second-order valence-corrected chi connectivity index (χ2v) is 11.3. The van der Waals surface area contributed by atoms with E-state index in [0.29, 0.717) is 16.8 Å². The standard InChI is InChI=1S/C29H31N3O/c1-17-8-10-19-13-20(14-22(24(19)32-17)29(5,6)7)25-27-26(31-16-30-25)21-11-9-18(12-23(21)33-27)15-28(2,3)4/h8-14,16H,15H2,1-7H3/i16D. The summed E-state index contributed by atoms with van der Waals surface area (Å²) >= 11 is 0. The second kappa shape index (κ2) is 7.38. The molecule has 0 fully saturated rings. The van der Waals surface area contributed by atoms with Gasteiger partial charge in [-0.05, 0) is 65.6 Å². The summed E-state index contributed by atoms with van der Waals surface area (Å²) < 4.78 is 14.7. The fourth-order valence-electron chi connectivity index (χ4n) is 4.53. The van der Waals surface area contributed by atoms with Gasteiger partial charge in [0.1, 0.15) is 24.5 Å². The highest BCUT2D eigenvalue weighted by atomic mass is 16.3. The van der Waals surface area contributed by atoms with Crippen LogP contribution in [0, 0.1) is 12.3 Å². The highest BCUT2D eigenvalue weighted by Gasteiger charge is 2.22. The molecule has 5 rings (SSSR count). The van der Waals surface area contributed by atoms with Gasteiger partial charge in [0, 0.05) is 22.0 Å². The van der Waals surface area contributed by atoms with E-state index in [1.54, 1.807) is 0 Å². The minimum absolute atomic E-state index is 0.0107. The largest absolute Gasteiger partial charge is 0.452 e. The van der Waals surface area contributed by atoms with E-state index in [9.17, 15) is 0 Å². The van der Waals surface area contributed by atoms with Crippen molar-refractivity contribution in [3.05, 3.63) is 65.6 Å². The fraction of sp³-hybridized carbons (Fsp3) is 0.345. The van der Waals surface area contributed by atoms with E-state index in [1.165, 1.54) is 5.56 Å². The molecule has 4 nitrogen and oxygen atoms in total. The molecule has 0 saturated heterocycles. The number of nitrogens with zero attached hydrogens (tertiary/aromatic N) is 3. The van der Waals surface area contributed by atoms with Crippen molar-refractivity contribution in [1.29, 1.82) is 0 Å². The number of fused-ring (bicyclic) bond motifs is 4. The first kappa shape index (κ1) is 20.3. The zero-order valence-corrected chi connectivity index (χ0v) is 20.5. The van der Waals surface area contributed by atoms with E-state index in [-0.39, 0.29) is 17.1 Å². The maximum absolute atomic E-state index is 8.33. The van der Waals surface area contributed by atoms with Gasteiger partial charge in [0.2, 0.25) is 0 Å². The molecular formula is C29H31N3O. The summed E-state index contributed by atoms with van der Waals surface area (Å²) in [5, 5.41) is 1.97. The Morgan fingerprint density at radius 1 is 0.909 bits per heavy atom. The van der Waals surface area contributed by atoms with Gasteiger partial charge in [-0.1, -0.05) is 53.7 Å². The molecule has 0 saturated carbocycles. The molecule has 3 aromatic heterocycles. The normalized spacial score (nSPS) is 13.2. The van der Waals surface area contributed by atoms with Gasteiger partial charge >= 0.3 is 0 Å². The smallest absolute Gasteiger partial charge is 0.180 e. The van der Waals surface area contributed by atoms with Crippen LogP contribution in [0.5, 0.6) is 0 Å². The molecular weight excluding hydrogens is 406 g/mol. The van der Waals surface area contributed by atoms with Crippen molar-refractivity contribution in [1.82, 2.24) is 15.0 Å². The van der Waals surface area contributed by atoms with Gasteiger partial charge in [0.05, 0.1) is 5.52 Å². The van der Waals surface area contributed by atoms with Crippen LogP contribution < -0.4 is 0 Å². The lowest BCUT2D eigenvalue weighted by Gasteiger charge is -2.22. The van der Waals surface area contributed by atoms with Crippen LogP contribution in [0.4, 0.5) is 0 Å². The number of aryl methyl sites for hydroxylation is 1. The number of furan rings is 1. The predicted molar refractivity (Wildman–Crippen MR) is 137 cm³/mol. The summed E-state index contributed by atoms with van der Waals surface area (Å²) in [6, 6.07) is 14.7. The summed E-state index contributed by atoms with van der Waals surface area (Å²) in [5.74, 6) is 0. The average Bonchev–Trinajstić information content (AvgIpc) is 3.08. The lowest BCUT2D eigenvalue weighted by Crippen LogP contribution is -2.13. The first-order valence-corrected chi connectivity index (χ1v) is 11.5. The molecule has 0 aliphatic carbocycles. The Morgan fingerprint density at radius 3 is 2.42 bits per heavy atom. The second-order valence-electron chi connectivity index (χ2n) is 11.3. The Labute approximate surface area is 196 Å². The van der Waals surface area contributed by atoms with Crippen LogP contribution in [0.1, 0.15) is 59.7 Å². The van der Waals surface area contributed by atoms with Crippen molar-refractivity contribution in [2.75, 3.05) is 0 Å². The van der Waals surface area contributed by atoms with Crippen LogP contribution in [0.3, 0.4) is 0 Å². The molecule has 2 aromatic carbocycles. The van der Waals surface area contributed by atoms with Crippen molar-refractivity contribution in [3.63, 3.8) is 0 Å². The lowest BCUT2D eigenvalue weighted by molar-refractivity contribution is 0.411. The summed E-state index contributed by atoms with van der Waals surface area (Å²) in [4.78, 5) is 13.8. The molecule has 0 bridgehead atoms. The minimum Gasteiger partial charge on any atom is -0.452 e. The highest BCUT2D eigenvalue weighted by molar-refractivity contribution is 6.07. The number of aromatic nitrogens is 3. The Hall–Kier alpha value is -3.27. The van der Waals surface area contributed by atoms with E-state index in [2.05, 4.69) is 87.9 Å². The number of rotatable bonds is 2. The maximum Gasteiger partial charge on any atom is 0.180 e. The molecule has 4 heteroatoms. The average molecular weight is 439 g/mol. The molecule has 0 N–H and O–H groups in total. The van der Waals surface area contributed by atoms with Crippen LogP contribution in [0.25, 0.3) is 44.2 Å². The monoisotopic (exact) mass is 438 g/mol. The Balaban J connectivity index is 1.78. The summed E-state index contributed by atoms with van der Waals surface area (Å²) in [5.41, 5.74) is 8.09. The maximum atomic E-state index is 8.33. The van der Waals surface area contributed by atoms with Crippen LogP contribution >= 0.6 is 0 Å². The molecule has 33 heavy (non-hydrogen) atoms. The van der Waals surface area contributed by atoms with Crippen molar-refractivity contribution < 1.29 is 5.79 Å². The Bertz CT molecular complexity index is 1570. The summed E-state index contributed by atoms with van der Waals surface area (Å²) in [6.45, 7) is 15.3. The van der Waals surface area contributed by atoms with E-state index < -0.39 is 0 Å². The van der Waals surface area contributed by atoms with Crippen LogP contribution in [-0.2, 0) is 11.8 Å². The van der Waals surface area contributed by atoms with Crippen LogP contribution in [-0.4, -0.2) is 15.0 Å². The molecule has 0 aliphatic heterocycles. The molecule has 5 aromatic rings. The van der Waals surface area contributed by atoms with E-state index in [1.807, 2.05) is 13.0 Å². The zero-order valence-electron chi connectivity index (χ0n) is 21.5. The highest BCUT2D eigenvalue weighted by Crippen LogP contribution is 2.38. The van der Waals surface area contributed by atoms with Crippen molar-refractivity contribution in [2.45, 2.75) is 60.3 Å². The van der Waals surface area contributed by atoms with E-state index in [4.69, 9.17) is 10.8 Å². The van der Waals surface area contributed by atoms with E-state index >= 15 is 0 Å². The molecule has 0 atom stereocenters. The first-order valence-electron chi connectivity index (χ1n) is 12.0.